The molecule has 0 amide bonds. The molecule has 0 fully saturated rings. The maximum atomic E-state index is 12.7. The van der Waals surface area contributed by atoms with Crippen molar-refractivity contribution in [1.29, 1.82) is 0 Å². The van der Waals surface area contributed by atoms with E-state index in [0.717, 1.165) is 12.8 Å². The van der Waals surface area contributed by atoms with E-state index < -0.39 is 0 Å². The summed E-state index contributed by atoms with van der Waals surface area (Å²) in [5.41, 5.74) is -0.364. The van der Waals surface area contributed by atoms with Crippen LogP contribution in [0.3, 0.4) is 0 Å². The lowest BCUT2D eigenvalue weighted by Gasteiger charge is -2.11. The van der Waals surface area contributed by atoms with Crippen LogP contribution >= 0.6 is 11.6 Å². The molecule has 130 valence electrons. The predicted molar refractivity (Wildman–Crippen MR) is 97.7 cm³/mol. The maximum Gasteiger partial charge on any atom is 0.332 e. The Kier molecular flexibility index (Phi) is 4.90. The van der Waals surface area contributed by atoms with Gasteiger partial charge in [0.2, 0.25) is 0 Å². The Balaban J connectivity index is 2.08. The SMILES string of the molecule is CCCCn1c(=O)c2cc(Oc3ccc(Cl)cc3)cnc2n(C)c1=O. The molecule has 0 N–H and O–H groups in total. The molecular formula is C18H18ClN3O3. The second-order valence-electron chi connectivity index (χ2n) is 5.75. The van der Waals surface area contributed by atoms with Crippen molar-refractivity contribution >= 4 is 22.6 Å². The monoisotopic (exact) mass is 359 g/mol. The Labute approximate surface area is 149 Å². The third-order valence-corrected chi connectivity index (χ3v) is 4.19. The van der Waals surface area contributed by atoms with Crippen LogP contribution in [0.25, 0.3) is 11.0 Å². The first-order chi connectivity index (χ1) is 12.0. The Bertz CT molecular complexity index is 1020. The second kappa shape index (κ2) is 7.11. The molecule has 0 spiro atoms. The maximum absolute atomic E-state index is 12.7. The Morgan fingerprint density at radius 2 is 1.88 bits per heavy atom. The molecule has 0 saturated carbocycles. The molecule has 0 unspecified atom stereocenters. The highest BCUT2D eigenvalue weighted by atomic mass is 35.5. The van der Waals surface area contributed by atoms with Gasteiger partial charge in [-0.3, -0.25) is 13.9 Å². The minimum absolute atomic E-state index is 0.339. The number of aryl methyl sites for hydroxylation is 1. The lowest BCUT2D eigenvalue weighted by atomic mass is 10.3. The zero-order valence-corrected chi connectivity index (χ0v) is 14.8. The fraction of sp³-hybridized carbons (Fsp3) is 0.278. The van der Waals surface area contributed by atoms with Gasteiger partial charge in [0.25, 0.3) is 5.56 Å². The lowest BCUT2D eigenvalue weighted by molar-refractivity contribution is 0.480. The number of halogens is 1. The lowest BCUT2D eigenvalue weighted by Crippen LogP contribution is -2.39. The van der Waals surface area contributed by atoms with E-state index >= 15 is 0 Å². The van der Waals surface area contributed by atoms with Crippen molar-refractivity contribution < 1.29 is 4.74 Å². The molecule has 7 heteroatoms. The van der Waals surface area contributed by atoms with Crippen molar-refractivity contribution in [2.24, 2.45) is 7.05 Å². The third-order valence-electron chi connectivity index (χ3n) is 3.94. The van der Waals surface area contributed by atoms with E-state index in [-0.39, 0.29) is 11.2 Å². The van der Waals surface area contributed by atoms with E-state index in [9.17, 15) is 9.59 Å². The molecule has 0 saturated heterocycles. The number of hydrogen-bond donors (Lipinski definition) is 0. The predicted octanol–water partition coefficient (Wildman–Crippen LogP) is 3.34. The van der Waals surface area contributed by atoms with Crippen LogP contribution < -0.4 is 16.0 Å². The molecule has 0 aliphatic carbocycles. The summed E-state index contributed by atoms with van der Waals surface area (Å²) in [6, 6.07) is 8.50. The van der Waals surface area contributed by atoms with Crippen LogP contribution in [0.5, 0.6) is 11.5 Å². The van der Waals surface area contributed by atoms with E-state index in [0.29, 0.717) is 34.1 Å². The van der Waals surface area contributed by atoms with E-state index in [1.165, 1.54) is 15.3 Å². The molecule has 3 rings (SSSR count). The molecule has 25 heavy (non-hydrogen) atoms. The molecule has 0 aliphatic heterocycles. The van der Waals surface area contributed by atoms with Gasteiger partial charge >= 0.3 is 5.69 Å². The van der Waals surface area contributed by atoms with Gasteiger partial charge in [-0.1, -0.05) is 24.9 Å². The van der Waals surface area contributed by atoms with Crippen molar-refractivity contribution in [3.05, 3.63) is 62.4 Å². The Morgan fingerprint density at radius 3 is 2.56 bits per heavy atom. The number of ether oxygens (including phenoxy) is 1. The molecule has 0 atom stereocenters. The van der Waals surface area contributed by atoms with Crippen LogP contribution in [0.15, 0.2) is 46.1 Å². The summed E-state index contributed by atoms with van der Waals surface area (Å²) >= 11 is 5.86. The normalized spacial score (nSPS) is 11.0. The smallest absolute Gasteiger partial charge is 0.332 e. The second-order valence-corrected chi connectivity index (χ2v) is 6.19. The van der Waals surface area contributed by atoms with E-state index in [4.69, 9.17) is 16.3 Å². The fourth-order valence-corrected chi connectivity index (χ4v) is 2.70. The summed E-state index contributed by atoms with van der Waals surface area (Å²) < 4.78 is 8.37. The summed E-state index contributed by atoms with van der Waals surface area (Å²) in [4.78, 5) is 29.3. The summed E-state index contributed by atoms with van der Waals surface area (Å²) in [5.74, 6) is 1.01. The fourth-order valence-electron chi connectivity index (χ4n) is 2.57. The molecule has 0 radical (unpaired) electrons. The minimum atomic E-state index is -0.357. The number of unbranched alkanes of at least 4 members (excludes halogenated alkanes) is 1. The van der Waals surface area contributed by atoms with E-state index in [1.807, 2.05) is 6.92 Å². The van der Waals surface area contributed by atoms with Gasteiger partial charge in [0.15, 0.2) is 0 Å². The standard InChI is InChI=1S/C18H18ClN3O3/c1-3-4-9-22-17(23)15-10-14(11-20-16(15)21(2)18(22)24)25-13-7-5-12(19)6-8-13/h5-8,10-11H,3-4,9H2,1-2H3. The van der Waals surface area contributed by atoms with Crippen molar-refractivity contribution in [2.75, 3.05) is 0 Å². The first-order valence-electron chi connectivity index (χ1n) is 8.04. The summed E-state index contributed by atoms with van der Waals surface area (Å²) in [7, 11) is 1.61. The molecule has 6 nitrogen and oxygen atoms in total. The molecular weight excluding hydrogens is 342 g/mol. The molecule has 2 heterocycles. The summed E-state index contributed by atoms with van der Waals surface area (Å²) in [6.45, 7) is 2.40. The highest BCUT2D eigenvalue weighted by Gasteiger charge is 2.13. The number of nitrogens with zero attached hydrogens (tertiary/aromatic N) is 3. The van der Waals surface area contributed by atoms with Crippen molar-refractivity contribution in [3.8, 4) is 11.5 Å². The van der Waals surface area contributed by atoms with Gasteiger partial charge in [0.05, 0.1) is 11.6 Å². The Hall–Kier alpha value is -2.60. The average Bonchev–Trinajstić information content (AvgIpc) is 2.62. The van der Waals surface area contributed by atoms with Gasteiger partial charge in [-0.2, -0.15) is 0 Å². The van der Waals surface area contributed by atoms with E-state index in [1.54, 1.807) is 37.4 Å². The minimum Gasteiger partial charge on any atom is -0.456 e. The van der Waals surface area contributed by atoms with Crippen molar-refractivity contribution in [1.82, 2.24) is 14.1 Å². The van der Waals surface area contributed by atoms with Crippen LogP contribution in [0.4, 0.5) is 0 Å². The number of hydrogen-bond acceptors (Lipinski definition) is 4. The van der Waals surface area contributed by atoms with Crippen LogP contribution in [0, 0.1) is 0 Å². The van der Waals surface area contributed by atoms with Crippen molar-refractivity contribution in [2.45, 2.75) is 26.3 Å². The van der Waals surface area contributed by atoms with E-state index in [2.05, 4.69) is 4.98 Å². The largest absolute Gasteiger partial charge is 0.456 e. The third kappa shape index (κ3) is 3.44. The quantitative estimate of drug-likeness (QED) is 0.700. The molecule has 1 aromatic carbocycles. The molecule has 3 aromatic rings. The van der Waals surface area contributed by atoms with Gasteiger partial charge in [-0.05, 0) is 36.8 Å². The first kappa shape index (κ1) is 17.2. The van der Waals surface area contributed by atoms with Gasteiger partial charge in [-0.25, -0.2) is 9.78 Å². The molecule has 0 aliphatic rings. The highest BCUT2D eigenvalue weighted by Crippen LogP contribution is 2.23. The van der Waals surface area contributed by atoms with Crippen LogP contribution in [0.2, 0.25) is 5.02 Å². The average molecular weight is 360 g/mol. The summed E-state index contributed by atoms with van der Waals surface area (Å²) in [6.07, 6.45) is 3.15. The zero-order chi connectivity index (χ0) is 18.0. The topological polar surface area (TPSA) is 66.1 Å². The number of aromatic nitrogens is 3. The van der Waals surface area contributed by atoms with Gasteiger partial charge < -0.3 is 4.74 Å². The number of pyridine rings is 1. The molecule has 0 bridgehead atoms. The first-order valence-corrected chi connectivity index (χ1v) is 8.42. The van der Waals surface area contributed by atoms with Gasteiger partial charge in [-0.15, -0.1) is 0 Å². The number of rotatable bonds is 5. The van der Waals surface area contributed by atoms with Gasteiger partial charge in [0, 0.05) is 18.6 Å². The van der Waals surface area contributed by atoms with Crippen LogP contribution in [-0.2, 0) is 13.6 Å². The van der Waals surface area contributed by atoms with Gasteiger partial charge in [0.1, 0.15) is 17.1 Å². The zero-order valence-electron chi connectivity index (χ0n) is 14.0. The Morgan fingerprint density at radius 1 is 1.16 bits per heavy atom. The highest BCUT2D eigenvalue weighted by molar-refractivity contribution is 6.30. The van der Waals surface area contributed by atoms with Crippen LogP contribution in [0.1, 0.15) is 19.8 Å². The molecule has 2 aromatic heterocycles. The number of fused-ring (bicyclic) bond motifs is 1. The number of benzene rings is 1. The van der Waals surface area contributed by atoms with Crippen molar-refractivity contribution in [3.63, 3.8) is 0 Å². The van der Waals surface area contributed by atoms with Crippen LogP contribution in [-0.4, -0.2) is 14.1 Å². The summed E-state index contributed by atoms with van der Waals surface area (Å²) in [5, 5.41) is 0.961.